The number of ether oxygens (including phenoxy) is 3. The molecule has 0 amide bonds. The van der Waals surface area contributed by atoms with E-state index in [4.69, 9.17) is 14.2 Å². The molecule has 1 unspecified atom stereocenters. The molecule has 1 aromatic carbocycles. The van der Waals surface area contributed by atoms with Gasteiger partial charge in [0, 0.05) is 0 Å². The van der Waals surface area contributed by atoms with Crippen LogP contribution in [0.4, 0.5) is 0 Å². The Balaban J connectivity index is 2.36. The van der Waals surface area contributed by atoms with E-state index in [0.29, 0.717) is 0 Å². The summed E-state index contributed by atoms with van der Waals surface area (Å²) < 4.78 is 15.9. The van der Waals surface area contributed by atoms with Crippen molar-refractivity contribution in [2.45, 2.75) is 4.83 Å². The van der Waals surface area contributed by atoms with Gasteiger partial charge in [0.15, 0.2) is 11.5 Å². The molecule has 0 saturated carbocycles. The van der Waals surface area contributed by atoms with Gasteiger partial charge in [-0.1, -0.05) is 22.0 Å². The monoisotopic (exact) mass is 342 g/mol. The number of benzene rings is 1. The second-order valence-electron chi connectivity index (χ2n) is 3.83. The van der Waals surface area contributed by atoms with Crippen molar-refractivity contribution in [3.8, 4) is 17.2 Å². The lowest BCUT2D eigenvalue weighted by Crippen LogP contribution is -1.96. The van der Waals surface area contributed by atoms with Gasteiger partial charge in [-0.05, 0) is 29.1 Å². The quantitative estimate of drug-likeness (QED) is 0.760. The topological polar surface area (TPSA) is 27.7 Å². The molecule has 1 heterocycles. The molecule has 0 saturated heterocycles. The first-order valence-corrected chi connectivity index (χ1v) is 7.48. The number of hydrogen-bond acceptors (Lipinski definition) is 4. The number of rotatable bonds is 5. The predicted octanol–water partition coefficient (Wildman–Crippen LogP) is 4.26. The zero-order valence-corrected chi connectivity index (χ0v) is 13.4. The Morgan fingerprint density at radius 2 is 1.63 bits per heavy atom. The third kappa shape index (κ3) is 2.87. The van der Waals surface area contributed by atoms with Crippen LogP contribution in [-0.2, 0) is 0 Å². The van der Waals surface area contributed by atoms with Gasteiger partial charge in [-0.25, -0.2) is 0 Å². The summed E-state index contributed by atoms with van der Waals surface area (Å²) in [5, 5.41) is 2.02. The molecule has 2 aromatic rings. The van der Waals surface area contributed by atoms with E-state index in [9.17, 15) is 0 Å². The average Bonchev–Trinajstić information content (AvgIpc) is 2.94. The van der Waals surface area contributed by atoms with Gasteiger partial charge in [0.1, 0.15) is 5.75 Å². The minimum atomic E-state index is 0.0715. The van der Waals surface area contributed by atoms with Crippen molar-refractivity contribution in [1.29, 1.82) is 0 Å². The van der Waals surface area contributed by atoms with Crippen molar-refractivity contribution in [3.05, 3.63) is 40.1 Å². The first-order valence-electron chi connectivity index (χ1n) is 5.68. The van der Waals surface area contributed by atoms with Gasteiger partial charge in [-0.2, -0.15) is 0 Å². The molecule has 0 aliphatic carbocycles. The molecule has 5 heteroatoms. The fourth-order valence-electron chi connectivity index (χ4n) is 1.82. The molecule has 102 valence electrons. The minimum Gasteiger partial charge on any atom is -0.496 e. The van der Waals surface area contributed by atoms with Crippen molar-refractivity contribution in [2.24, 2.45) is 0 Å². The van der Waals surface area contributed by atoms with E-state index in [0.717, 1.165) is 27.7 Å². The molecule has 19 heavy (non-hydrogen) atoms. The second kappa shape index (κ2) is 6.30. The third-order valence-electron chi connectivity index (χ3n) is 2.81. The van der Waals surface area contributed by atoms with Gasteiger partial charge < -0.3 is 14.2 Å². The molecule has 2 rings (SSSR count). The minimum absolute atomic E-state index is 0.0715. The lowest BCUT2D eigenvalue weighted by Gasteiger charge is -2.14. The molecule has 0 fully saturated rings. The number of methoxy groups -OCH3 is 3. The van der Waals surface area contributed by atoms with E-state index in [1.54, 1.807) is 32.7 Å². The molecule has 1 atom stereocenters. The molecule has 0 aliphatic rings. The van der Waals surface area contributed by atoms with E-state index in [2.05, 4.69) is 15.9 Å². The maximum absolute atomic E-state index is 5.35. The van der Waals surface area contributed by atoms with Gasteiger partial charge in [-0.15, -0.1) is 11.3 Å². The molecule has 0 radical (unpaired) electrons. The lowest BCUT2D eigenvalue weighted by molar-refractivity contribution is 0.354. The van der Waals surface area contributed by atoms with Crippen molar-refractivity contribution in [2.75, 3.05) is 21.3 Å². The highest BCUT2D eigenvalue weighted by Crippen LogP contribution is 2.42. The highest BCUT2D eigenvalue weighted by molar-refractivity contribution is 9.09. The largest absolute Gasteiger partial charge is 0.496 e. The summed E-state index contributed by atoms with van der Waals surface area (Å²) in [4.78, 5) is 1.21. The van der Waals surface area contributed by atoms with E-state index < -0.39 is 0 Å². The smallest absolute Gasteiger partial charge is 0.161 e. The number of alkyl halides is 1. The standard InChI is InChI=1S/C14H15BrO3S/c1-16-10-5-4-9(8-12(10)18-3)13(15)14-11(17-2)6-7-19-14/h4-8,13H,1-3H3. The van der Waals surface area contributed by atoms with Crippen molar-refractivity contribution < 1.29 is 14.2 Å². The summed E-state index contributed by atoms with van der Waals surface area (Å²) >= 11 is 5.37. The molecule has 1 aromatic heterocycles. The highest BCUT2D eigenvalue weighted by Gasteiger charge is 2.18. The van der Waals surface area contributed by atoms with Gasteiger partial charge in [-0.3, -0.25) is 0 Å². The van der Waals surface area contributed by atoms with Gasteiger partial charge in [0.25, 0.3) is 0 Å². The fraction of sp³-hybridized carbons (Fsp3) is 0.286. The van der Waals surface area contributed by atoms with Crippen LogP contribution in [-0.4, -0.2) is 21.3 Å². The lowest BCUT2D eigenvalue weighted by atomic mass is 10.1. The van der Waals surface area contributed by atoms with Crippen molar-refractivity contribution >= 4 is 27.3 Å². The Hall–Kier alpha value is -1.20. The Kier molecular flexibility index (Phi) is 4.71. The van der Waals surface area contributed by atoms with E-state index in [1.165, 1.54) is 0 Å². The van der Waals surface area contributed by atoms with Crippen molar-refractivity contribution in [1.82, 2.24) is 0 Å². The Morgan fingerprint density at radius 3 is 2.26 bits per heavy atom. The fourth-order valence-corrected chi connectivity index (χ4v) is 3.52. The van der Waals surface area contributed by atoms with Crippen LogP contribution in [0.1, 0.15) is 15.3 Å². The first-order chi connectivity index (χ1) is 9.21. The molecule has 0 spiro atoms. The first kappa shape index (κ1) is 14.2. The van der Waals surface area contributed by atoms with Crippen LogP contribution in [0.2, 0.25) is 0 Å². The second-order valence-corrected chi connectivity index (χ2v) is 5.69. The number of halogens is 1. The average molecular weight is 343 g/mol. The van der Waals surface area contributed by atoms with Crippen LogP contribution < -0.4 is 14.2 Å². The van der Waals surface area contributed by atoms with Crippen LogP contribution in [0.5, 0.6) is 17.2 Å². The molecular weight excluding hydrogens is 328 g/mol. The maximum Gasteiger partial charge on any atom is 0.161 e. The normalized spacial score (nSPS) is 12.0. The molecule has 0 bridgehead atoms. The highest BCUT2D eigenvalue weighted by atomic mass is 79.9. The van der Waals surface area contributed by atoms with Crippen LogP contribution in [0.15, 0.2) is 29.6 Å². The van der Waals surface area contributed by atoms with Gasteiger partial charge in [0.2, 0.25) is 0 Å². The number of hydrogen-bond donors (Lipinski definition) is 0. The van der Waals surface area contributed by atoms with Crippen LogP contribution in [0.3, 0.4) is 0 Å². The molecular formula is C14H15BrO3S. The van der Waals surface area contributed by atoms with Gasteiger partial charge >= 0.3 is 0 Å². The van der Waals surface area contributed by atoms with E-state index >= 15 is 0 Å². The third-order valence-corrected chi connectivity index (χ3v) is 5.06. The molecule has 3 nitrogen and oxygen atoms in total. The van der Waals surface area contributed by atoms with Crippen LogP contribution in [0, 0.1) is 0 Å². The summed E-state index contributed by atoms with van der Waals surface area (Å²) in [5.41, 5.74) is 1.10. The molecule has 0 N–H and O–H groups in total. The van der Waals surface area contributed by atoms with E-state index in [1.807, 2.05) is 29.6 Å². The zero-order valence-electron chi connectivity index (χ0n) is 11.0. The van der Waals surface area contributed by atoms with Crippen molar-refractivity contribution in [3.63, 3.8) is 0 Å². The van der Waals surface area contributed by atoms with Gasteiger partial charge in [0.05, 0.1) is 31.0 Å². The maximum atomic E-state index is 5.35. The zero-order chi connectivity index (χ0) is 13.8. The summed E-state index contributed by atoms with van der Waals surface area (Å²) in [6, 6.07) is 7.86. The van der Waals surface area contributed by atoms with E-state index in [-0.39, 0.29) is 4.83 Å². The summed E-state index contributed by atoms with van der Waals surface area (Å²) in [6.07, 6.45) is 0. The summed E-state index contributed by atoms with van der Waals surface area (Å²) in [5.74, 6) is 2.34. The summed E-state index contributed by atoms with van der Waals surface area (Å²) in [7, 11) is 4.95. The number of thiophene rings is 1. The SMILES string of the molecule is COc1ccc(C(Br)c2sccc2OC)cc1OC. The predicted molar refractivity (Wildman–Crippen MR) is 81.2 cm³/mol. The summed E-state index contributed by atoms with van der Waals surface area (Å²) in [6.45, 7) is 0. The Bertz CT molecular complexity index is 553. The Labute approximate surface area is 125 Å². The van der Waals surface area contributed by atoms with Crippen LogP contribution >= 0.6 is 27.3 Å². The molecule has 0 aliphatic heterocycles. The van der Waals surface area contributed by atoms with Crippen LogP contribution in [0.25, 0.3) is 0 Å². The Morgan fingerprint density at radius 1 is 0.947 bits per heavy atom.